The van der Waals surface area contributed by atoms with Crippen LogP contribution in [-0.2, 0) is 18.6 Å². The average Bonchev–Trinajstić information content (AvgIpc) is 3.26. The van der Waals surface area contributed by atoms with Crippen molar-refractivity contribution in [1.82, 2.24) is 10.2 Å². The Morgan fingerprint density at radius 3 is 2.96 bits per heavy atom. The Bertz CT molecular complexity index is 921. The van der Waals surface area contributed by atoms with E-state index in [0.717, 1.165) is 35.0 Å². The fourth-order valence-corrected chi connectivity index (χ4v) is 4.85. The molecule has 4 rings (SSSR count). The summed E-state index contributed by atoms with van der Waals surface area (Å²) in [5.41, 5.74) is 3.25. The van der Waals surface area contributed by atoms with Crippen LogP contribution in [0.5, 0.6) is 0 Å². The summed E-state index contributed by atoms with van der Waals surface area (Å²) < 4.78 is 5.84. The standard InChI is InChI=1S/C19H17N3OS2/c1-12-2-7-16-15(8-12)9-17(25-16)18-21-22-19(23-18)24-11-14-5-3-13(10-20)4-6-14/h3-6,9,12H,2,7-8,11H2,1H3. The quantitative estimate of drug-likeness (QED) is 0.601. The molecule has 0 fully saturated rings. The molecule has 0 spiro atoms. The molecule has 2 aromatic heterocycles. The molecule has 126 valence electrons. The first-order valence-electron chi connectivity index (χ1n) is 8.28. The van der Waals surface area contributed by atoms with Crippen LogP contribution in [0.15, 0.2) is 40.0 Å². The summed E-state index contributed by atoms with van der Waals surface area (Å²) in [6.45, 7) is 2.31. The van der Waals surface area contributed by atoms with Crippen molar-refractivity contribution < 1.29 is 4.42 Å². The van der Waals surface area contributed by atoms with Gasteiger partial charge in [-0.3, -0.25) is 0 Å². The molecule has 1 atom stereocenters. The number of thioether (sulfide) groups is 1. The number of nitrogens with zero attached hydrogens (tertiary/aromatic N) is 3. The average molecular weight is 367 g/mol. The van der Waals surface area contributed by atoms with Crippen molar-refractivity contribution >= 4 is 23.1 Å². The zero-order chi connectivity index (χ0) is 17.2. The fourth-order valence-electron chi connectivity index (χ4n) is 3.00. The third-order valence-corrected chi connectivity index (χ3v) is 6.51. The molecule has 0 radical (unpaired) electrons. The lowest BCUT2D eigenvalue weighted by Crippen LogP contribution is -2.07. The van der Waals surface area contributed by atoms with Gasteiger partial charge >= 0.3 is 0 Å². The number of aromatic nitrogens is 2. The van der Waals surface area contributed by atoms with Crippen molar-refractivity contribution in [2.75, 3.05) is 0 Å². The van der Waals surface area contributed by atoms with Crippen LogP contribution in [0, 0.1) is 17.2 Å². The lowest BCUT2D eigenvalue weighted by Gasteiger charge is -2.16. The predicted octanol–water partition coefficient (Wildman–Crippen LogP) is 5.09. The highest BCUT2D eigenvalue weighted by molar-refractivity contribution is 7.98. The van der Waals surface area contributed by atoms with Crippen LogP contribution in [0.4, 0.5) is 0 Å². The van der Waals surface area contributed by atoms with Gasteiger partial charge in [-0.15, -0.1) is 21.5 Å². The van der Waals surface area contributed by atoms with Gasteiger partial charge in [-0.2, -0.15) is 5.26 Å². The number of nitriles is 1. The van der Waals surface area contributed by atoms with Crippen LogP contribution in [0.25, 0.3) is 10.8 Å². The summed E-state index contributed by atoms with van der Waals surface area (Å²) in [5.74, 6) is 2.12. The monoisotopic (exact) mass is 367 g/mol. The zero-order valence-corrected chi connectivity index (χ0v) is 15.5. The minimum atomic E-state index is 0.582. The Kier molecular flexibility index (Phi) is 4.60. The molecule has 0 aliphatic heterocycles. The van der Waals surface area contributed by atoms with E-state index in [-0.39, 0.29) is 0 Å². The van der Waals surface area contributed by atoms with Crippen LogP contribution in [0.1, 0.15) is 34.9 Å². The Hall–Kier alpha value is -2.10. The molecule has 0 saturated heterocycles. The highest BCUT2D eigenvalue weighted by atomic mass is 32.2. The molecular weight excluding hydrogens is 350 g/mol. The van der Waals surface area contributed by atoms with E-state index < -0.39 is 0 Å². The number of benzene rings is 1. The van der Waals surface area contributed by atoms with Crippen molar-refractivity contribution in [1.29, 1.82) is 5.26 Å². The smallest absolute Gasteiger partial charge is 0.277 e. The number of hydrogen-bond acceptors (Lipinski definition) is 6. The third kappa shape index (κ3) is 3.63. The molecule has 2 heterocycles. The van der Waals surface area contributed by atoms with Gasteiger partial charge in [0.15, 0.2) is 0 Å². The van der Waals surface area contributed by atoms with Gasteiger partial charge in [-0.1, -0.05) is 30.8 Å². The Morgan fingerprint density at radius 1 is 1.32 bits per heavy atom. The summed E-state index contributed by atoms with van der Waals surface area (Å²) in [4.78, 5) is 2.55. The largest absolute Gasteiger partial charge is 0.410 e. The van der Waals surface area contributed by atoms with Gasteiger partial charge in [0, 0.05) is 10.6 Å². The van der Waals surface area contributed by atoms with Crippen LogP contribution < -0.4 is 0 Å². The maximum atomic E-state index is 8.84. The predicted molar refractivity (Wildman–Crippen MR) is 99.5 cm³/mol. The van der Waals surface area contributed by atoms with Crippen molar-refractivity contribution in [3.8, 4) is 16.8 Å². The van der Waals surface area contributed by atoms with Crippen molar-refractivity contribution in [2.45, 2.75) is 37.2 Å². The van der Waals surface area contributed by atoms with Crippen LogP contribution in [0.2, 0.25) is 0 Å². The van der Waals surface area contributed by atoms with Gasteiger partial charge < -0.3 is 4.42 Å². The van der Waals surface area contributed by atoms with Crippen molar-refractivity contribution in [2.24, 2.45) is 5.92 Å². The van der Waals surface area contributed by atoms with Crippen LogP contribution in [0.3, 0.4) is 0 Å². The molecule has 0 bridgehead atoms. The molecule has 3 aromatic rings. The first kappa shape index (κ1) is 16.4. The van der Waals surface area contributed by atoms with Crippen LogP contribution >= 0.6 is 23.1 Å². The number of fused-ring (bicyclic) bond motifs is 1. The van der Waals surface area contributed by atoms with E-state index in [2.05, 4.69) is 29.3 Å². The molecule has 0 amide bonds. The Balaban J connectivity index is 1.44. The van der Waals surface area contributed by atoms with E-state index in [0.29, 0.717) is 16.7 Å². The lowest BCUT2D eigenvalue weighted by molar-refractivity contribution is 0.466. The molecule has 1 aliphatic rings. The van der Waals surface area contributed by atoms with E-state index >= 15 is 0 Å². The van der Waals surface area contributed by atoms with E-state index in [1.165, 1.54) is 28.6 Å². The van der Waals surface area contributed by atoms with E-state index in [9.17, 15) is 0 Å². The molecule has 0 N–H and O–H groups in total. The number of hydrogen-bond donors (Lipinski definition) is 0. The summed E-state index contributed by atoms with van der Waals surface area (Å²) in [5, 5.41) is 17.8. The second kappa shape index (κ2) is 7.03. The molecule has 1 aliphatic carbocycles. The molecule has 1 unspecified atom stereocenters. The highest BCUT2D eigenvalue weighted by Crippen LogP contribution is 2.37. The number of thiophene rings is 1. The third-order valence-electron chi connectivity index (χ3n) is 4.39. The summed E-state index contributed by atoms with van der Waals surface area (Å²) in [6.07, 6.45) is 3.58. The molecule has 0 saturated carbocycles. The van der Waals surface area contributed by atoms with Gasteiger partial charge in [0.05, 0.1) is 16.5 Å². The summed E-state index contributed by atoms with van der Waals surface area (Å²) in [6, 6.07) is 11.9. The molecule has 1 aromatic carbocycles. The van der Waals surface area contributed by atoms with Gasteiger partial charge in [0.25, 0.3) is 11.1 Å². The maximum absolute atomic E-state index is 8.84. The van der Waals surface area contributed by atoms with Crippen molar-refractivity contribution in [3.63, 3.8) is 0 Å². The number of rotatable bonds is 4. The summed E-state index contributed by atoms with van der Waals surface area (Å²) >= 11 is 3.31. The van der Waals surface area contributed by atoms with Gasteiger partial charge in [-0.25, -0.2) is 0 Å². The number of aryl methyl sites for hydroxylation is 1. The second-order valence-corrected chi connectivity index (χ2v) is 8.44. The highest BCUT2D eigenvalue weighted by Gasteiger charge is 2.21. The van der Waals surface area contributed by atoms with E-state index in [4.69, 9.17) is 9.68 Å². The Morgan fingerprint density at radius 2 is 2.16 bits per heavy atom. The van der Waals surface area contributed by atoms with E-state index in [1.807, 2.05) is 24.3 Å². The SMILES string of the molecule is CC1CCc2sc(-c3nnc(SCc4ccc(C#N)cc4)o3)cc2C1. The normalized spacial score (nSPS) is 16.4. The van der Waals surface area contributed by atoms with Crippen LogP contribution in [-0.4, -0.2) is 10.2 Å². The van der Waals surface area contributed by atoms with Gasteiger partial charge in [-0.05, 0) is 54.5 Å². The van der Waals surface area contributed by atoms with Crippen molar-refractivity contribution in [3.05, 3.63) is 51.9 Å². The lowest BCUT2D eigenvalue weighted by atomic mass is 9.90. The Labute approximate surface area is 154 Å². The fraction of sp³-hybridized carbons (Fsp3) is 0.316. The second-order valence-electron chi connectivity index (χ2n) is 6.38. The molecular formula is C19H17N3OS2. The summed E-state index contributed by atoms with van der Waals surface area (Å²) in [7, 11) is 0. The molecule has 4 nitrogen and oxygen atoms in total. The molecule has 6 heteroatoms. The van der Waals surface area contributed by atoms with Gasteiger partial charge in [0.2, 0.25) is 0 Å². The topological polar surface area (TPSA) is 62.7 Å². The van der Waals surface area contributed by atoms with E-state index in [1.54, 1.807) is 11.3 Å². The zero-order valence-electron chi connectivity index (χ0n) is 13.9. The van der Waals surface area contributed by atoms with Gasteiger partial charge in [0.1, 0.15) is 0 Å². The first-order chi connectivity index (χ1) is 12.2. The minimum absolute atomic E-state index is 0.582. The maximum Gasteiger partial charge on any atom is 0.277 e. The first-order valence-corrected chi connectivity index (χ1v) is 10.1. The molecule has 25 heavy (non-hydrogen) atoms. The minimum Gasteiger partial charge on any atom is -0.410 e.